The molecule has 0 aromatic heterocycles. The van der Waals surface area contributed by atoms with Gasteiger partial charge in [-0.1, -0.05) is 152 Å². The first-order chi connectivity index (χ1) is 25.3. The van der Waals surface area contributed by atoms with Gasteiger partial charge in [-0.05, 0) is 93.0 Å². The van der Waals surface area contributed by atoms with E-state index in [0.29, 0.717) is 0 Å². The van der Waals surface area contributed by atoms with E-state index >= 15 is 0 Å². The summed E-state index contributed by atoms with van der Waals surface area (Å²) in [6.45, 7) is 0. The second-order valence-corrected chi connectivity index (χ2v) is 13.3. The minimum Gasteiger partial charge on any atom is -0.457 e. The Bertz CT molecular complexity index is 2410. The molecule has 10 rings (SSSR count). The summed E-state index contributed by atoms with van der Waals surface area (Å²) in [5.41, 5.74) is 14.9. The van der Waals surface area contributed by atoms with Crippen LogP contribution in [0.5, 0.6) is 11.5 Å². The van der Waals surface area contributed by atoms with Gasteiger partial charge in [-0.3, -0.25) is 0 Å². The smallest absolute Gasteiger partial charge is 0.132 e. The first kappa shape index (κ1) is 29.3. The number of nitrogens with zero attached hydrogens (tertiary/aromatic N) is 1. The molecule has 0 N–H and O–H groups in total. The van der Waals surface area contributed by atoms with E-state index in [1.807, 2.05) is 0 Å². The quantitative estimate of drug-likeness (QED) is 0.184. The highest BCUT2D eigenvalue weighted by Crippen LogP contribution is 2.62. The van der Waals surface area contributed by atoms with E-state index in [2.05, 4.69) is 205 Å². The summed E-state index contributed by atoms with van der Waals surface area (Å²) in [4.78, 5) is 2.37. The number of fused-ring (bicyclic) bond motifs is 9. The zero-order valence-electron chi connectivity index (χ0n) is 27.9. The molecular formula is C49H33NO. The molecule has 8 aromatic carbocycles. The average molecular weight is 652 g/mol. The van der Waals surface area contributed by atoms with Gasteiger partial charge in [0.25, 0.3) is 0 Å². The maximum Gasteiger partial charge on any atom is 0.132 e. The van der Waals surface area contributed by atoms with Gasteiger partial charge in [-0.2, -0.15) is 0 Å². The Balaban J connectivity index is 1.19. The van der Waals surface area contributed by atoms with Crippen molar-refractivity contribution >= 4 is 17.1 Å². The topological polar surface area (TPSA) is 12.5 Å². The molecule has 1 spiro atoms. The Morgan fingerprint density at radius 2 is 0.725 bits per heavy atom. The van der Waals surface area contributed by atoms with Crippen LogP contribution in [0, 0.1) is 0 Å². The van der Waals surface area contributed by atoms with Gasteiger partial charge in [0.1, 0.15) is 11.5 Å². The molecule has 1 aliphatic heterocycles. The zero-order valence-corrected chi connectivity index (χ0v) is 27.9. The number of benzene rings is 8. The molecule has 0 amide bonds. The van der Waals surface area contributed by atoms with Crippen LogP contribution in [0.15, 0.2) is 200 Å². The van der Waals surface area contributed by atoms with E-state index in [4.69, 9.17) is 4.74 Å². The molecule has 0 radical (unpaired) electrons. The summed E-state index contributed by atoms with van der Waals surface area (Å²) in [5.74, 6) is 1.77. The minimum atomic E-state index is -0.534. The fourth-order valence-corrected chi connectivity index (χ4v) is 8.30. The molecule has 0 fully saturated rings. The van der Waals surface area contributed by atoms with Crippen LogP contribution in [0.2, 0.25) is 0 Å². The normalized spacial score (nSPS) is 13.0. The van der Waals surface area contributed by atoms with E-state index in [1.165, 1.54) is 44.5 Å². The first-order valence-corrected chi connectivity index (χ1v) is 17.5. The third-order valence-corrected chi connectivity index (χ3v) is 10.6. The Kier molecular flexibility index (Phi) is 6.75. The monoisotopic (exact) mass is 651 g/mol. The Hall–Kier alpha value is -6.64. The van der Waals surface area contributed by atoms with Crippen LogP contribution < -0.4 is 9.64 Å². The van der Waals surface area contributed by atoms with Gasteiger partial charge < -0.3 is 9.64 Å². The van der Waals surface area contributed by atoms with Gasteiger partial charge in [0.15, 0.2) is 0 Å². The lowest BCUT2D eigenvalue weighted by molar-refractivity contribution is 0.436. The largest absolute Gasteiger partial charge is 0.457 e. The highest BCUT2D eigenvalue weighted by atomic mass is 16.5. The van der Waals surface area contributed by atoms with Crippen LogP contribution in [-0.2, 0) is 5.41 Å². The average Bonchev–Trinajstić information content (AvgIpc) is 3.50. The highest BCUT2D eigenvalue weighted by molar-refractivity contribution is 5.90. The fourth-order valence-electron chi connectivity index (χ4n) is 8.30. The molecule has 2 aliphatic rings. The molecule has 0 unspecified atom stereocenters. The number of hydrogen-bond acceptors (Lipinski definition) is 2. The summed E-state index contributed by atoms with van der Waals surface area (Å²) in [7, 11) is 0. The van der Waals surface area contributed by atoms with E-state index in [0.717, 1.165) is 39.7 Å². The van der Waals surface area contributed by atoms with Crippen molar-refractivity contribution in [1.29, 1.82) is 0 Å². The number of hydrogen-bond donors (Lipinski definition) is 0. The van der Waals surface area contributed by atoms with Crippen LogP contribution in [-0.4, -0.2) is 0 Å². The van der Waals surface area contributed by atoms with E-state index in [9.17, 15) is 0 Å². The SMILES string of the molecule is c1ccc(-c2ccc(N(c3ccc(-c4ccccc4)cc3)c3ccc4c(c3)C3(c5ccccc5O4)c4ccccc4-c4ccccc43)cc2)cc1. The molecule has 8 aromatic rings. The standard InChI is InChI=1S/C49H33NO/c1-3-13-34(14-4-1)36-23-27-38(28-24-36)50(39-29-25-37(26-30-39)35-15-5-2-6-16-35)40-31-32-48-46(33-40)49(45-21-11-12-22-47(45)51-48)43-19-9-7-17-41(43)42-18-8-10-20-44(42)49/h1-33H. The second-order valence-electron chi connectivity index (χ2n) is 13.3. The van der Waals surface area contributed by atoms with Crippen molar-refractivity contribution in [2.45, 2.75) is 5.41 Å². The van der Waals surface area contributed by atoms with Gasteiger partial charge in [0, 0.05) is 28.2 Å². The fraction of sp³-hybridized carbons (Fsp3) is 0.0204. The van der Waals surface area contributed by atoms with Crippen molar-refractivity contribution in [3.05, 3.63) is 222 Å². The molecule has 1 heterocycles. The molecule has 2 heteroatoms. The lowest BCUT2D eigenvalue weighted by atomic mass is 9.66. The lowest BCUT2D eigenvalue weighted by Crippen LogP contribution is -2.32. The number of para-hydroxylation sites is 1. The Labute approximate surface area is 298 Å². The molecule has 240 valence electrons. The van der Waals surface area contributed by atoms with Crippen LogP contribution in [0.25, 0.3) is 33.4 Å². The lowest BCUT2D eigenvalue weighted by Gasteiger charge is -2.40. The predicted octanol–water partition coefficient (Wildman–Crippen LogP) is 13.0. The summed E-state index contributed by atoms with van der Waals surface area (Å²) in [5, 5.41) is 0. The van der Waals surface area contributed by atoms with Crippen molar-refractivity contribution < 1.29 is 4.74 Å². The van der Waals surface area contributed by atoms with Crippen molar-refractivity contribution in [3.63, 3.8) is 0 Å². The highest BCUT2D eigenvalue weighted by Gasteiger charge is 2.51. The summed E-state index contributed by atoms with van der Waals surface area (Å²) in [6.07, 6.45) is 0. The zero-order chi connectivity index (χ0) is 33.8. The Morgan fingerprint density at radius 1 is 0.314 bits per heavy atom. The van der Waals surface area contributed by atoms with Gasteiger partial charge in [-0.15, -0.1) is 0 Å². The third-order valence-electron chi connectivity index (χ3n) is 10.6. The van der Waals surface area contributed by atoms with Crippen molar-refractivity contribution in [2.24, 2.45) is 0 Å². The van der Waals surface area contributed by atoms with Crippen LogP contribution >= 0.6 is 0 Å². The van der Waals surface area contributed by atoms with Crippen LogP contribution in [0.4, 0.5) is 17.1 Å². The van der Waals surface area contributed by atoms with Gasteiger partial charge >= 0.3 is 0 Å². The minimum absolute atomic E-state index is 0.534. The van der Waals surface area contributed by atoms with Crippen LogP contribution in [0.1, 0.15) is 22.3 Å². The van der Waals surface area contributed by atoms with E-state index in [-0.39, 0.29) is 0 Å². The van der Waals surface area contributed by atoms with Crippen molar-refractivity contribution in [1.82, 2.24) is 0 Å². The van der Waals surface area contributed by atoms with Gasteiger partial charge in [-0.25, -0.2) is 0 Å². The molecule has 1 aliphatic carbocycles. The molecule has 0 atom stereocenters. The molecule has 0 saturated carbocycles. The van der Waals surface area contributed by atoms with Gasteiger partial charge in [0.05, 0.1) is 5.41 Å². The number of ether oxygens (including phenoxy) is 1. The molecule has 2 nitrogen and oxygen atoms in total. The number of rotatable bonds is 5. The van der Waals surface area contributed by atoms with E-state index < -0.39 is 5.41 Å². The third kappa shape index (κ3) is 4.57. The van der Waals surface area contributed by atoms with Crippen molar-refractivity contribution in [3.8, 4) is 44.9 Å². The molecular weight excluding hydrogens is 619 g/mol. The molecule has 0 saturated heterocycles. The second kappa shape index (κ2) is 11.8. The summed E-state index contributed by atoms with van der Waals surface area (Å²) in [6, 6.07) is 72.0. The molecule has 0 bridgehead atoms. The Morgan fingerprint density at radius 3 is 1.27 bits per heavy atom. The summed E-state index contributed by atoms with van der Waals surface area (Å²) < 4.78 is 6.75. The molecule has 51 heavy (non-hydrogen) atoms. The predicted molar refractivity (Wildman–Crippen MR) is 209 cm³/mol. The van der Waals surface area contributed by atoms with Gasteiger partial charge in [0.2, 0.25) is 0 Å². The van der Waals surface area contributed by atoms with Crippen LogP contribution in [0.3, 0.4) is 0 Å². The number of anilines is 3. The maximum absolute atomic E-state index is 6.75. The maximum atomic E-state index is 6.75. The summed E-state index contributed by atoms with van der Waals surface area (Å²) >= 11 is 0. The van der Waals surface area contributed by atoms with E-state index in [1.54, 1.807) is 0 Å². The van der Waals surface area contributed by atoms with Crippen molar-refractivity contribution in [2.75, 3.05) is 4.90 Å². The first-order valence-electron chi connectivity index (χ1n) is 17.5.